The summed E-state index contributed by atoms with van der Waals surface area (Å²) >= 11 is 0. The van der Waals surface area contributed by atoms with Gasteiger partial charge in [-0.25, -0.2) is 0 Å². The number of hydrogen-bond donors (Lipinski definition) is 1. The van der Waals surface area contributed by atoms with Crippen molar-refractivity contribution in [3.8, 4) is 0 Å². The van der Waals surface area contributed by atoms with Crippen molar-refractivity contribution >= 4 is 11.6 Å². The molecule has 0 unspecified atom stereocenters. The van der Waals surface area contributed by atoms with Crippen LogP contribution in [-0.4, -0.2) is 47.7 Å². The van der Waals surface area contributed by atoms with Crippen LogP contribution in [0, 0.1) is 0 Å². The highest BCUT2D eigenvalue weighted by atomic mass is 16.3. The molecular formula is C17H26N2O2. The smallest absolute Gasteiger partial charge is 0.253 e. The van der Waals surface area contributed by atoms with E-state index in [2.05, 4.69) is 25.7 Å². The number of nitrogens with zero attached hydrogens (tertiary/aromatic N) is 2. The van der Waals surface area contributed by atoms with Crippen molar-refractivity contribution in [1.29, 1.82) is 0 Å². The lowest BCUT2D eigenvalue weighted by molar-refractivity contribution is 0.0546. The Labute approximate surface area is 127 Å². The van der Waals surface area contributed by atoms with Gasteiger partial charge in [-0.1, -0.05) is 0 Å². The van der Waals surface area contributed by atoms with E-state index in [1.807, 2.05) is 29.2 Å². The molecule has 21 heavy (non-hydrogen) atoms. The number of carbonyl (C=O) groups excluding carboxylic acids is 1. The van der Waals surface area contributed by atoms with E-state index in [1.54, 1.807) is 0 Å². The van der Waals surface area contributed by atoms with E-state index in [-0.39, 0.29) is 12.0 Å². The van der Waals surface area contributed by atoms with Crippen LogP contribution in [0.15, 0.2) is 24.3 Å². The Morgan fingerprint density at radius 3 is 2.33 bits per heavy atom. The largest absolute Gasteiger partial charge is 0.393 e. The molecule has 4 nitrogen and oxygen atoms in total. The highest BCUT2D eigenvalue weighted by Crippen LogP contribution is 2.19. The monoisotopic (exact) mass is 290 g/mol. The van der Waals surface area contributed by atoms with Crippen LogP contribution in [-0.2, 0) is 0 Å². The predicted molar refractivity (Wildman–Crippen MR) is 85.7 cm³/mol. The van der Waals surface area contributed by atoms with Gasteiger partial charge < -0.3 is 14.9 Å². The lowest BCUT2D eigenvalue weighted by Gasteiger charge is -2.30. The van der Waals surface area contributed by atoms with E-state index in [0.29, 0.717) is 32.0 Å². The van der Waals surface area contributed by atoms with E-state index in [1.165, 1.54) is 0 Å². The summed E-state index contributed by atoms with van der Waals surface area (Å²) < 4.78 is 0. The van der Waals surface area contributed by atoms with Crippen LogP contribution < -0.4 is 4.90 Å². The van der Waals surface area contributed by atoms with E-state index in [4.69, 9.17) is 0 Å². The first-order valence-electron chi connectivity index (χ1n) is 7.87. The summed E-state index contributed by atoms with van der Waals surface area (Å²) in [5, 5.41) is 9.51. The highest BCUT2D eigenvalue weighted by molar-refractivity contribution is 5.94. The molecule has 0 spiro atoms. The summed E-state index contributed by atoms with van der Waals surface area (Å²) in [5.41, 5.74) is 1.88. The average Bonchev–Trinajstić information content (AvgIpc) is 2.48. The minimum atomic E-state index is -0.249. The van der Waals surface area contributed by atoms with Crippen molar-refractivity contribution in [1.82, 2.24) is 4.90 Å². The fourth-order valence-electron chi connectivity index (χ4n) is 2.89. The number of aliphatic hydroxyl groups is 1. The van der Waals surface area contributed by atoms with Crippen molar-refractivity contribution in [2.24, 2.45) is 0 Å². The average molecular weight is 290 g/mol. The van der Waals surface area contributed by atoms with Crippen LogP contribution in [0.25, 0.3) is 0 Å². The third-order valence-electron chi connectivity index (χ3n) is 4.16. The Hall–Kier alpha value is -1.55. The van der Waals surface area contributed by atoms with E-state index in [9.17, 15) is 9.90 Å². The van der Waals surface area contributed by atoms with Crippen LogP contribution >= 0.6 is 0 Å². The second-order valence-corrected chi connectivity index (χ2v) is 5.95. The number of anilines is 1. The van der Waals surface area contributed by atoms with Crippen molar-refractivity contribution in [3.05, 3.63) is 29.8 Å². The summed E-state index contributed by atoms with van der Waals surface area (Å²) in [4.78, 5) is 16.6. The quantitative estimate of drug-likeness (QED) is 0.926. The molecule has 1 fully saturated rings. The fourth-order valence-corrected chi connectivity index (χ4v) is 2.89. The summed E-state index contributed by atoms with van der Waals surface area (Å²) in [6, 6.07) is 8.31. The van der Waals surface area contributed by atoms with Gasteiger partial charge in [0.2, 0.25) is 0 Å². The van der Waals surface area contributed by atoms with Crippen molar-refractivity contribution in [2.45, 2.75) is 45.8 Å². The van der Waals surface area contributed by atoms with Crippen LogP contribution in [0.4, 0.5) is 5.69 Å². The molecule has 1 aliphatic heterocycles. The zero-order chi connectivity index (χ0) is 15.4. The molecule has 1 aliphatic rings. The number of amides is 1. The molecule has 1 amide bonds. The molecule has 1 saturated heterocycles. The number of aliphatic hydroxyl groups excluding tert-OH is 1. The van der Waals surface area contributed by atoms with Crippen molar-refractivity contribution in [3.63, 3.8) is 0 Å². The molecule has 1 aromatic rings. The predicted octanol–water partition coefficient (Wildman–Crippen LogP) is 2.52. The third-order valence-corrected chi connectivity index (χ3v) is 4.16. The summed E-state index contributed by atoms with van der Waals surface area (Å²) in [7, 11) is 0. The van der Waals surface area contributed by atoms with Gasteiger partial charge in [-0.2, -0.15) is 0 Å². The second kappa shape index (κ2) is 6.94. The molecule has 0 radical (unpaired) electrons. The summed E-state index contributed by atoms with van der Waals surface area (Å²) in [6.45, 7) is 8.72. The minimum absolute atomic E-state index is 0.0704. The molecule has 1 aromatic carbocycles. The first-order chi connectivity index (χ1) is 10.0. The Kier molecular flexibility index (Phi) is 5.23. The molecule has 1 N–H and O–H groups in total. The second-order valence-electron chi connectivity index (χ2n) is 5.95. The van der Waals surface area contributed by atoms with Gasteiger partial charge in [-0.05, 0) is 57.9 Å². The maximum atomic E-state index is 12.4. The summed E-state index contributed by atoms with van der Waals surface area (Å²) in [6.07, 6.45) is 1.11. The minimum Gasteiger partial charge on any atom is -0.393 e. The molecule has 0 bridgehead atoms. The van der Waals surface area contributed by atoms with Gasteiger partial charge >= 0.3 is 0 Å². The molecule has 0 aliphatic carbocycles. The lowest BCUT2D eigenvalue weighted by atomic mass is 10.1. The van der Waals surface area contributed by atoms with Gasteiger partial charge in [-0.3, -0.25) is 4.79 Å². The van der Waals surface area contributed by atoms with Crippen molar-refractivity contribution in [2.75, 3.05) is 24.5 Å². The molecule has 116 valence electrons. The SMILES string of the molecule is CCN(c1ccc(C(=O)N2CCC(O)CC2)cc1)C(C)C. The topological polar surface area (TPSA) is 43.8 Å². The van der Waals surface area contributed by atoms with Gasteiger partial charge in [-0.15, -0.1) is 0 Å². The number of hydrogen-bond acceptors (Lipinski definition) is 3. The van der Waals surface area contributed by atoms with Crippen LogP contribution in [0.2, 0.25) is 0 Å². The van der Waals surface area contributed by atoms with Crippen molar-refractivity contribution < 1.29 is 9.90 Å². The Morgan fingerprint density at radius 1 is 1.29 bits per heavy atom. The molecule has 4 heteroatoms. The van der Waals surface area contributed by atoms with E-state index in [0.717, 1.165) is 17.8 Å². The van der Waals surface area contributed by atoms with E-state index < -0.39 is 0 Å². The van der Waals surface area contributed by atoms with E-state index >= 15 is 0 Å². The Bertz CT molecular complexity index is 462. The van der Waals surface area contributed by atoms with Gasteiger partial charge in [0.25, 0.3) is 5.91 Å². The van der Waals surface area contributed by atoms with Gasteiger partial charge in [0.15, 0.2) is 0 Å². The molecule has 0 aromatic heterocycles. The number of piperidine rings is 1. The normalized spacial score (nSPS) is 16.3. The lowest BCUT2D eigenvalue weighted by Crippen LogP contribution is -2.40. The zero-order valence-corrected chi connectivity index (χ0v) is 13.2. The van der Waals surface area contributed by atoms with Crippen LogP contribution in [0.1, 0.15) is 44.0 Å². The number of likely N-dealkylation sites (tertiary alicyclic amines) is 1. The molecule has 1 heterocycles. The maximum absolute atomic E-state index is 12.4. The van der Waals surface area contributed by atoms with Crippen LogP contribution in [0.3, 0.4) is 0 Å². The fraction of sp³-hybridized carbons (Fsp3) is 0.588. The Morgan fingerprint density at radius 2 is 1.86 bits per heavy atom. The number of carbonyl (C=O) groups is 1. The third kappa shape index (κ3) is 3.76. The van der Waals surface area contributed by atoms with Gasteiger partial charge in [0, 0.05) is 36.9 Å². The number of benzene rings is 1. The first kappa shape index (κ1) is 15.8. The molecule has 2 rings (SSSR count). The zero-order valence-electron chi connectivity index (χ0n) is 13.2. The molecular weight excluding hydrogens is 264 g/mol. The van der Waals surface area contributed by atoms with Gasteiger partial charge in [0.05, 0.1) is 6.10 Å². The molecule has 0 atom stereocenters. The summed E-state index contributed by atoms with van der Waals surface area (Å²) in [5.74, 6) is 0.0704. The standard InChI is InChI=1S/C17H26N2O2/c1-4-19(13(2)3)15-7-5-14(6-8-15)17(21)18-11-9-16(20)10-12-18/h5-8,13,16,20H,4,9-12H2,1-3H3. The van der Waals surface area contributed by atoms with Gasteiger partial charge in [0.1, 0.15) is 0 Å². The maximum Gasteiger partial charge on any atom is 0.253 e. The molecule has 0 saturated carbocycles. The Balaban J connectivity index is 2.06. The number of rotatable bonds is 4. The highest BCUT2D eigenvalue weighted by Gasteiger charge is 2.22. The first-order valence-corrected chi connectivity index (χ1v) is 7.87. The van der Waals surface area contributed by atoms with Crippen LogP contribution in [0.5, 0.6) is 0 Å².